The molecule has 24 nitrogen and oxygen atoms in total. The zero-order valence-corrected chi connectivity index (χ0v) is 43.5. The Balaban J connectivity index is 1.28. The zero-order valence-electron chi connectivity index (χ0n) is 41.8. The first-order chi connectivity index (χ1) is 34.7. The average Bonchev–Trinajstić information content (AvgIpc) is 4.01. The van der Waals surface area contributed by atoms with E-state index in [0.29, 0.717) is 91.4 Å². The molecule has 1 saturated heterocycles. The number of allylic oxidation sites excluding steroid dienone is 3. The van der Waals surface area contributed by atoms with Crippen LogP contribution in [0, 0.1) is 6.92 Å². The second-order valence-electron chi connectivity index (χ2n) is 17.0. The minimum Gasteiger partial charge on any atom is -0.494 e. The van der Waals surface area contributed by atoms with Gasteiger partial charge in [0.2, 0.25) is 23.7 Å². The number of ether oxygens (including phenoxy) is 3. The first kappa shape index (κ1) is 54.9. The summed E-state index contributed by atoms with van der Waals surface area (Å²) in [5.74, 6) is -1.70. The maximum atomic E-state index is 13.9. The van der Waals surface area contributed by atoms with E-state index in [4.69, 9.17) is 36.4 Å². The number of aliphatic imine (C=N–C) groups is 1. The summed E-state index contributed by atoms with van der Waals surface area (Å²) in [6, 6.07) is 7.70. The van der Waals surface area contributed by atoms with E-state index in [9.17, 15) is 32.4 Å². The molecular weight excluding hydrogens is 985 g/mol. The molecule has 3 aromatic heterocycles. The Morgan fingerprint density at radius 3 is 2.01 bits per heavy atom. The number of primary amides is 2. The monoisotopic (exact) mass is 1050 g/mol. The molecule has 0 saturated carbocycles. The van der Waals surface area contributed by atoms with Crippen LogP contribution in [0.3, 0.4) is 0 Å². The van der Waals surface area contributed by atoms with Crippen LogP contribution < -0.4 is 37.3 Å². The standard InChI is InChI=1S/C47H62N14O10S2/c1-8-51-35(21-28(3)48)43(64)54-45-52-33-23-31(41(49)62)25-37(69-6)39(33)59(45)14-10-11-15-60-40-34(53-46(60)55-44(65)36-22-29(4)56-61(36)9-2)24-32(42(50)63)26-38(40)70-20-12-13-57-16-18-58(19-17-57)47(66)71-27-30(5)72-73(7,67)68/h10-11,21-26,30H,8-9,12-20,27,48H2,1-7H3,(H2,49,62)(H2,50,63)(H,52,54,64)(H,53,55,65)/b11-10+,28-21?,51-35?. The number of hydrogen-bond acceptors (Lipinski definition) is 17. The number of fused-ring (bicyclic) bond motifs is 2. The molecule has 2 aromatic carbocycles. The van der Waals surface area contributed by atoms with Gasteiger partial charge in [-0.15, -0.1) is 0 Å². The minimum atomic E-state index is -3.28. The number of aryl methyl sites for hydroxylation is 2. The van der Waals surface area contributed by atoms with Gasteiger partial charge in [-0.25, -0.2) is 23.2 Å². The number of nitrogens with two attached hydrogens (primary N) is 3. The number of methoxy groups -OCH3 is 1. The number of imidazole rings is 2. The van der Waals surface area contributed by atoms with Crippen molar-refractivity contribution in [3.8, 4) is 11.5 Å². The Morgan fingerprint density at radius 1 is 0.877 bits per heavy atom. The lowest BCUT2D eigenvalue weighted by molar-refractivity contribution is -0.110. The highest BCUT2D eigenvalue weighted by molar-refractivity contribution is 8.72. The fraction of sp³-hybridized carbons (Fsp3) is 0.426. The van der Waals surface area contributed by atoms with Crippen molar-refractivity contribution < 1.29 is 46.6 Å². The van der Waals surface area contributed by atoms with E-state index in [1.54, 1.807) is 64.6 Å². The van der Waals surface area contributed by atoms with E-state index in [-0.39, 0.29) is 66.5 Å². The van der Waals surface area contributed by atoms with E-state index < -0.39 is 43.8 Å². The predicted molar refractivity (Wildman–Crippen MR) is 279 cm³/mol. The van der Waals surface area contributed by atoms with Crippen LogP contribution in [0.1, 0.15) is 71.0 Å². The van der Waals surface area contributed by atoms with Crippen LogP contribution in [0.25, 0.3) is 22.1 Å². The molecule has 4 heterocycles. The van der Waals surface area contributed by atoms with E-state index in [0.717, 1.165) is 17.0 Å². The van der Waals surface area contributed by atoms with Crippen molar-refractivity contribution in [1.29, 1.82) is 0 Å². The smallest absolute Gasteiger partial charge is 0.409 e. The fourth-order valence-corrected chi connectivity index (χ4v) is 10.7. The highest BCUT2D eigenvalue weighted by atomic mass is 33.1. The third-order valence-corrected chi connectivity index (χ3v) is 14.1. The largest absolute Gasteiger partial charge is 0.494 e. The van der Waals surface area contributed by atoms with Crippen molar-refractivity contribution in [3.05, 3.63) is 76.8 Å². The van der Waals surface area contributed by atoms with Crippen molar-refractivity contribution in [3.63, 3.8) is 0 Å². The maximum absolute atomic E-state index is 13.9. The fourth-order valence-electron chi connectivity index (χ4n) is 8.02. The van der Waals surface area contributed by atoms with Crippen LogP contribution in [-0.4, -0.2) is 154 Å². The minimum absolute atomic E-state index is 0.0297. The molecule has 0 aliphatic carbocycles. The summed E-state index contributed by atoms with van der Waals surface area (Å²) < 4.78 is 45.6. The van der Waals surface area contributed by atoms with Crippen molar-refractivity contribution >= 4 is 89.1 Å². The normalized spacial score (nSPS) is 14.2. The molecule has 1 aliphatic rings. The number of nitrogens with one attached hydrogen (secondary N) is 2. The van der Waals surface area contributed by atoms with Gasteiger partial charge >= 0.3 is 6.09 Å². The quantitative estimate of drug-likeness (QED) is 0.0271. The lowest BCUT2D eigenvalue weighted by atomic mass is 10.1. The van der Waals surface area contributed by atoms with E-state index in [1.165, 1.54) is 37.5 Å². The zero-order chi connectivity index (χ0) is 53.1. The van der Waals surface area contributed by atoms with Gasteiger partial charge in [0.05, 0.1) is 35.7 Å². The number of benzene rings is 2. The molecule has 5 amide bonds. The molecule has 26 heteroatoms. The first-order valence-corrected chi connectivity index (χ1v) is 26.7. The van der Waals surface area contributed by atoms with Gasteiger partial charge in [0.15, 0.2) is 8.87 Å². The van der Waals surface area contributed by atoms with Gasteiger partial charge in [0, 0.05) is 82.0 Å². The van der Waals surface area contributed by atoms with Gasteiger partial charge in [-0.05, 0) is 88.2 Å². The molecule has 73 heavy (non-hydrogen) atoms. The predicted octanol–water partition coefficient (Wildman–Crippen LogP) is 3.49. The Hall–Kier alpha value is -7.45. The summed E-state index contributed by atoms with van der Waals surface area (Å²) in [6.07, 6.45) is 6.22. The summed E-state index contributed by atoms with van der Waals surface area (Å²) >= 11 is 0. The summed E-state index contributed by atoms with van der Waals surface area (Å²) in [7, 11) is -1.10. The molecule has 1 unspecified atom stereocenters. The molecule has 0 bridgehead atoms. The van der Waals surface area contributed by atoms with Gasteiger partial charge in [-0.2, -0.15) is 5.10 Å². The van der Waals surface area contributed by atoms with Crippen molar-refractivity contribution in [2.24, 2.45) is 22.2 Å². The van der Waals surface area contributed by atoms with Gasteiger partial charge in [-0.1, -0.05) is 12.2 Å². The molecule has 5 aromatic rings. The van der Waals surface area contributed by atoms with Gasteiger partial charge in [-0.3, -0.25) is 44.4 Å². The third kappa shape index (κ3) is 14.2. The number of anilines is 2. The molecule has 0 spiro atoms. The topological polar surface area (TPSA) is 322 Å². The molecule has 8 N–H and O–H groups in total. The van der Waals surface area contributed by atoms with Crippen molar-refractivity contribution in [2.75, 3.05) is 76.5 Å². The highest BCUT2D eigenvalue weighted by Gasteiger charge is 2.26. The van der Waals surface area contributed by atoms with Gasteiger partial charge in [0.1, 0.15) is 40.5 Å². The summed E-state index contributed by atoms with van der Waals surface area (Å²) in [5, 5.41) is 9.77. The Morgan fingerprint density at radius 2 is 1.47 bits per heavy atom. The maximum Gasteiger partial charge on any atom is 0.409 e. The molecule has 1 fully saturated rings. The summed E-state index contributed by atoms with van der Waals surface area (Å²) in [4.78, 5) is 82.7. The number of carbonyl (C=O) groups is 5. The number of aromatic nitrogens is 6. The molecule has 392 valence electrons. The first-order valence-electron chi connectivity index (χ1n) is 23.4. The molecule has 1 aliphatic heterocycles. The van der Waals surface area contributed by atoms with Gasteiger partial charge < -0.3 is 45.4 Å². The number of nitrogens with zero attached hydrogens (tertiary/aromatic N) is 9. The summed E-state index contributed by atoms with van der Waals surface area (Å²) in [5.41, 5.74) is 20.6. The van der Waals surface area contributed by atoms with Crippen molar-refractivity contribution in [2.45, 2.75) is 65.9 Å². The van der Waals surface area contributed by atoms with Crippen LogP contribution in [0.5, 0.6) is 11.5 Å². The highest BCUT2D eigenvalue weighted by Crippen LogP contribution is 2.33. The van der Waals surface area contributed by atoms with Crippen LogP contribution in [-0.2, 0) is 38.0 Å². The van der Waals surface area contributed by atoms with Crippen LogP contribution in [0.2, 0.25) is 0 Å². The number of hydrogen-bond donors (Lipinski definition) is 5. The average molecular weight is 1050 g/mol. The van der Waals surface area contributed by atoms with Crippen molar-refractivity contribution in [1.82, 2.24) is 38.7 Å². The number of rotatable bonds is 23. The molecule has 6 rings (SSSR count). The molecule has 1 atom stereocenters. The van der Waals surface area contributed by atoms with Crippen LogP contribution >= 0.6 is 10.8 Å². The van der Waals surface area contributed by atoms with E-state index in [1.807, 2.05) is 6.92 Å². The Bertz CT molecular complexity index is 3090. The lowest BCUT2D eigenvalue weighted by Crippen LogP contribution is -2.49. The van der Waals surface area contributed by atoms with Crippen LogP contribution in [0.4, 0.5) is 16.7 Å². The van der Waals surface area contributed by atoms with Crippen LogP contribution in [0.15, 0.2) is 59.2 Å². The van der Waals surface area contributed by atoms with Gasteiger partial charge in [0.25, 0.3) is 11.8 Å². The molecule has 0 radical (unpaired) electrons. The van der Waals surface area contributed by atoms with E-state index >= 15 is 0 Å². The second-order valence-corrected chi connectivity index (χ2v) is 21.8. The second kappa shape index (κ2) is 24.3. The number of carbonyl (C=O) groups excluding carboxylic acids is 5. The SMILES string of the molecule is CCN=C(C=C(C)N)C(=O)Nc1nc2cc(C(N)=O)cc(OC)c2n1C/C=C/Cn1c(NC(=O)c2cc(C)nn2CC)nc2cc(C(N)=O)cc(OCCCN3CCN(C(=O)OCC(C)SS(C)(=O)=O)CC3)c21. The Kier molecular flexibility index (Phi) is 18.3. The number of piperazine rings is 1. The molecular formula is C47H62N14O10S2. The van der Waals surface area contributed by atoms with E-state index in [2.05, 4.69) is 30.6 Å². The summed E-state index contributed by atoms with van der Waals surface area (Å²) in [6.45, 7) is 12.5. The Labute approximate surface area is 425 Å². The third-order valence-electron chi connectivity index (χ3n) is 11.2. The lowest BCUT2D eigenvalue weighted by Gasteiger charge is -2.34. The number of amides is 5.